The van der Waals surface area contributed by atoms with E-state index in [4.69, 9.17) is 9.47 Å². The van der Waals surface area contributed by atoms with E-state index in [2.05, 4.69) is 15.6 Å². The van der Waals surface area contributed by atoms with Gasteiger partial charge in [0.15, 0.2) is 0 Å². The predicted molar refractivity (Wildman–Crippen MR) is 111 cm³/mol. The minimum atomic E-state index is -0.265. The Hall–Kier alpha value is -3.54. The van der Waals surface area contributed by atoms with Crippen molar-refractivity contribution in [3.05, 3.63) is 71.5 Å². The summed E-state index contributed by atoms with van der Waals surface area (Å²) in [6.45, 7) is 3.94. The molecule has 0 aliphatic heterocycles. The topological polar surface area (TPSA) is 72.5 Å². The minimum Gasteiger partial charge on any atom is -0.497 e. The standard InChI is InChI=1S/C22H23N3O3/c1-14-5-6-15(2)19(11-14)25-22(26)20-12-16(9-10-23-20)24-18-8-7-17(27-3)13-21(18)28-4/h5-13H,1-4H3,(H,23,24)(H,25,26). The Morgan fingerprint density at radius 1 is 0.929 bits per heavy atom. The Kier molecular flexibility index (Phi) is 5.79. The smallest absolute Gasteiger partial charge is 0.274 e. The van der Waals surface area contributed by atoms with Crippen LogP contribution >= 0.6 is 0 Å². The Morgan fingerprint density at radius 2 is 1.75 bits per heavy atom. The molecule has 0 spiro atoms. The zero-order valence-corrected chi connectivity index (χ0v) is 16.4. The van der Waals surface area contributed by atoms with Gasteiger partial charge in [-0.15, -0.1) is 0 Å². The Morgan fingerprint density at radius 3 is 2.50 bits per heavy atom. The third-order valence-corrected chi connectivity index (χ3v) is 4.32. The average molecular weight is 377 g/mol. The molecule has 0 radical (unpaired) electrons. The number of methoxy groups -OCH3 is 2. The van der Waals surface area contributed by atoms with Crippen molar-refractivity contribution >= 4 is 23.0 Å². The molecule has 0 aliphatic rings. The second kappa shape index (κ2) is 8.43. The highest BCUT2D eigenvalue weighted by atomic mass is 16.5. The number of carbonyl (C=O) groups excluding carboxylic acids is 1. The first-order chi connectivity index (χ1) is 13.5. The van der Waals surface area contributed by atoms with Crippen LogP contribution in [0.3, 0.4) is 0 Å². The molecule has 0 fully saturated rings. The van der Waals surface area contributed by atoms with Crippen molar-refractivity contribution in [3.8, 4) is 11.5 Å². The SMILES string of the molecule is COc1ccc(Nc2ccnc(C(=O)Nc3cc(C)ccc3C)c2)c(OC)c1. The summed E-state index contributed by atoms with van der Waals surface area (Å²) in [5, 5.41) is 6.18. The summed E-state index contributed by atoms with van der Waals surface area (Å²) >= 11 is 0. The lowest BCUT2D eigenvalue weighted by Crippen LogP contribution is -2.14. The summed E-state index contributed by atoms with van der Waals surface area (Å²) in [5.74, 6) is 1.07. The molecule has 6 heteroatoms. The molecule has 0 bridgehead atoms. The molecule has 3 aromatic rings. The van der Waals surface area contributed by atoms with Crippen LogP contribution in [-0.2, 0) is 0 Å². The van der Waals surface area contributed by atoms with Crippen molar-refractivity contribution in [1.29, 1.82) is 0 Å². The summed E-state index contributed by atoms with van der Waals surface area (Å²) in [6.07, 6.45) is 1.59. The largest absolute Gasteiger partial charge is 0.497 e. The number of carbonyl (C=O) groups is 1. The van der Waals surface area contributed by atoms with Gasteiger partial charge < -0.3 is 20.1 Å². The van der Waals surface area contributed by atoms with Gasteiger partial charge in [0.05, 0.1) is 19.9 Å². The predicted octanol–water partition coefficient (Wildman–Crippen LogP) is 4.71. The number of anilines is 3. The number of nitrogens with one attached hydrogen (secondary N) is 2. The molecule has 0 atom stereocenters. The highest BCUT2D eigenvalue weighted by molar-refractivity contribution is 6.03. The van der Waals surface area contributed by atoms with Gasteiger partial charge in [0.2, 0.25) is 0 Å². The molecule has 0 saturated carbocycles. The fraction of sp³-hybridized carbons (Fsp3) is 0.182. The number of hydrogen-bond donors (Lipinski definition) is 2. The van der Waals surface area contributed by atoms with Gasteiger partial charge in [0.1, 0.15) is 17.2 Å². The number of nitrogens with zero attached hydrogens (tertiary/aromatic N) is 1. The summed E-state index contributed by atoms with van der Waals surface area (Å²) in [5.41, 5.74) is 4.66. The molecule has 2 N–H and O–H groups in total. The molecule has 0 saturated heterocycles. The maximum absolute atomic E-state index is 12.6. The van der Waals surface area contributed by atoms with Crippen molar-refractivity contribution in [1.82, 2.24) is 4.98 Å². The minimum absolute atomic E-state index is 0.265. The Labute approximate surface area is 164 Å². The van der Waals surface area contributed by atoms with Crippen molar-refractivity contribution in [2.24, 2.45) is 0 Å². The van der Waals surface area contributed by atoms with Crippen molar-refractivity contribution < 1.29 is 14.3 Å². The van der Waals surface area contributed by atoms with Crippen LogP contribution in [0.1, 0.15) is 21.6 Å². The molecule has 1 amide bonds. The summed E-state index contributed by atoms with van der Waals surface area (Å²) in [7, 11) is 3.20. The quantitative estimate of drug-likeness (QED) is 0.651. The van der Waals surface area contributed by atoms with Gasteiger partial charge in [0.25, 0.3) is 5.91 Å². The van der Waals surface area contributed by atoms with E-state index in [-0.39, 0.29) is 5.91 Å². The molecular weight excluding hydrogens is 354 g/mol. The number of benzene rings is 2. The van der Waals surface area contributed by atoms with Crippen LogP contribution in [-0.4, -0.2) is 25.1 Å². The Balaban J connectivity index is 1.80. The first kappa shape index (κ1) is 19.2. The Bertz CT molecular complexity index is 1000. The van der Waals surface area contributed by atoms with Crippen molar-refractivity contribution in [3.63, 3.8) is 0 Å². The van der Waals surface area contributed by atoms with Crippen LogP contribution in [0.5, 0.6) is 11.5 Å². The normalized spacial score (nSPS) is 10.3. The van der Waals surface area contributed by atoms with Crippen LogP contribution in [0.15, 0.2) is 54.7 Å². The lowest BCUT2D eigenvalue weighted by molar-refractivity contribution is 0.102. The van der Waals surface area contributed by atoms with Gasteiger partial charge >= 0.3 is 0 Å². The van der Waals surface area contributed by atoms with Crippen molar-refractivity contribution in [2.45, 2.75) is 13.8 Å². The van der Waals surface area contributed by atoms with E-state index in [0.29, 0.717) is 17.2 Å². The fourth-order valence-electron chi connectivity index (χ4n) is 2.75. The lowest BCUT2D eigenvalue weighted by Gasteiger charge is -2.13. The van der Waals surface area contributed by atoms with Crippen LogP contribution < -0.4 is 20.1 Å². The number of amides is 1. The molecule has 144 valence electrons. The van der Waals surface area contributed by atoms with Gasteiger partial charge in [-0.05, 0) is 55.3 Å². The molecule has 1 heterocycles. The summed E-state index contributed by atoms with van der Waals surface area (Å²) < 4.78 is 10.6. The fourth-order valence-corrected chi connectivity index (χ4v) is 2.75. The van der Waals surface area contributed by atoms with Crippen molar-refractivity contribution in [2.75, 3.05) is 24.9 Å². The van der Waals surface area contributed by atoms with Gasteiger partial charge in [-0.2, -0.15) is 0 Å². The molecule has 2 aromatic carbocycles. The third-order valence-electron chi connectivity index (χ3n) is 4.32. The molecule has 6 nitrogen and oxygen atoms in total. The number of pyridine rings is 1. The molecule has 3 rings (SSSR count). The van der Waals surface area contributed by atoms with E-state index in [9.17, 15) is 4.79 Å². The summed E-state index contributed by atoms with van der Waals surface area (Å²) in [6, 6.07) is 14.9. The van der Waals surface area contributed by atoms with Gasteiger partial charge in [0, 0.05) is 23.6 Å². The van der Waals surface area contributed by atoms with E-state index in [0.717, 1.165) is 28.2 Å². The van der Waals surface area contributed by atoms with Gasteiger partial charge in [-0.25, -0.2) is 0 Å². The van der Waals surface area contributed by atoms with Gasteiger partial charge in [-0.1, -0.05) is 12.1 Å². The lowest BCUT2D eigenvalue weighted by atomic mass is 10.1. The van der Waals surface area contributed by atoms with Gasteiger partial charge in [-0.3, -0.25) is 9.78 Å². The van der Waals surface area contributed by atoms with Crippen LogP contribution in [0.2, 0.25) is 0 Å². The zero-order chi connectivity index (χ0) is 20.1. The molecule has 1 aromatic heterocycles. The maximum Gasteiger partial charge on any atom is 0.274 e. The number of ether oxygens (including phenoxy) is 2. The number of hydrogen-bond acceptors (Lipinski definition) is 5. The average Bonchev–Trinajstić information content (AvgIpc) is 2.71. The van der Waals surface area contributed by atoms with Crippen LogP contribution in [0.25, 0.3) is 0 Å². The number of aryl methyl sites for hydroxylation is 2. The first-order valence-electron chi connectivity index (χ1n) is 8.84. The second-order valence-corrected chi connectivity index (χ2v) is 6.39. The van der Waals surface area contributed by atoms with E-state index in [1.54, 1.807) is 38.6 Å². The molecular formula is C22H23N3O3. The van der Waals surface area contributed by atoms with E-state index in [1.165, 1.54) is 0 Å². The molecule has 0 unspecified atom stereocenters. The maximum atomic E-state index is 12.6. The second-order valence-electron chi connectivity index (χ2n) is 6.39. The highest BCUT2D eigenvalue weighted by Gasteiger charge is 2.11. The zero-order valence-electron chi connectivity index (χ0n) is 16.4. The van der Waals surface area contributed by atoms with Crippen LogP contribution in [0.4, 0.5) is 17.1 Å². The first-order valence-corrected chi connectivity index (χ1v) is 8.84. The van der Waals surface area contributed by atoms with E-state index in [1.807, 2.05) is 44.2 Å². The molecule has 28 heavy (non-hydrogen) atoms. The molecule has 0 aliphatic carbocycles. The third kappa shape index (κ3) is 4.40. The number of rotatable bonds is 6. The monoisotopic (exact) mass is 377 g/mol. The van der Waals surface area contributed by atoms with E-state index < -0.39 is 0 Å². The van der Waals surface area contributed by atoms with E-state index >= 15 is 0 Å². The highest BCUT2D eigenvalue weighted by Crippen LogP contribution is 2.31. The van der Waals surface area contributed by atoms with Crippen LogP contribution in [0, 0.1) is 13.8 Å². The number of aromatic nitrogens is 1. The summed E-state index contributed by atoms with van der Waals surface area (Å²) in [4.78, 5) is 16.8.